The van der Waals surface area contributed by atoms with Crippen LogP contribution >= 0.6 is 11.3 Å². The van der Waals surface area contributed by atoms with Crippen molar-refractivity contribution in [3.05, 3.63) is 80.6 Å². The molecule has 0 aromatic carbocycles. The van der Waals surface area contributed by atoms with Crippen molar-refractivity contribution in [3.8, 4) is 0 Å². The molecule has 0 nitrogen and oxygen atoms in total. The van der Waals surface area contributed by atoms with Gasteiger partial charge in [0.15, 0.2) is 0 Å². The van der Waals surface area contributed by atoms with Crippen molar-refractivity contribution in [2.45, 2.75) is 119 Å². The summed E-state index contributed by atoms with van der Waals surface area (Å²) in [6.07, 6.45) is 25.3. The number of aryl methyl sites for hydroxylation is 1. The maximum absolute atomic E-state index is 2.45. The van der Waals surface area contributed by atoms with Crippen LogP contribution in [0.3, 0.4) is 0 Å². The van der Waals surface area contributed by atoms with E-state index in [2.05, 4.69) is 95.7 Å². The van der Waals surface area contributed by atoms with E-state index in [4.69, 9.17) is 0 Å². The number of thiophene rings is 1. The lowest BCUT2D eigenvalue weighted by atomic mass is 10.0. The maximum atomic E-state index is 2.45. The normalized spacial score (nSPS) is 14.4. The molecule has 34 heavy (non-hydrogen) atoms. The van der Waals surface area contributed by atoms with Crippen LogP contribution in [0.25, 0.3) is 0 Å². The van der Waals surface area contributed by atoms with Crippen LogP contribution in [0.1, 0.15) is 118 Å². The van der Waals surface area contributed by atoms with Gasteiger partial charge in [-0.05, 0) is 134 Å². The molecule has 0 aliphatic rings. The summed E-state index contributed by atoms with van der Waals surface area (Å²) >= 11 is 1.80. The molecule has 0 fully saturated rings. The highest BCUT2D eigenvalue weighted by Crippen LogP contribution is 2.16. The van der Waals surface area contributed by atoms with Gasteiger partial charge >= 0.3 is 0 Å². The van der Waals surface area contributed by atoms with Crippen molar-refractivity contribution in [3.63, 3.8) is 0 Å². The van der Waals surface area contributed by atoms with Crippen LogP contribution in [0.15, 0.2) is 75.1 Å². The predicted octanol–water partition coefficient (Wildman–Crippen LogP) is 11.6. The van der Waals surface area contributed by atoms with Crippen molar-refractivity contribution >= 4 is 11.3 Å². The SMILES string of the molecule is C/C(=C\CC/C(C)=C/CC/C(C)=C/CCc1ccsc1)CC/C=C(\C)CC/C=C(\C)CC(C)C. The van der Waals surface area contributed by atoms with E-state index in [0.717, 1.165) is 5.92 Å². The lowest BCUT2D eigenvalue weighted by Gasteiger charge is -2.05. The molecule has 0 amide bonds. The Bertz CT molecular complexity index is 809. The molecule has 0 atom stereocenters. The van der Waals surface area contributed by atoms with Gasteiger partial charge in [-0.1, -0.05) is 72.1 Å². The zero-order valence-electron chi connectivity index (χ0n) is 23.4. The Morgan fingerprint density at radius 2 is 1.06 bits per heavy atom. The van der Waals surface area contributed by atoms with Gasteiger partial charge in [-0.15, -0.1) is 0 Å². The first kappa shape index (κ1) is 30.4. The summed E-state index contributed by atoms with van der Waals surface area (Å²) in [5.41, 5.74) is 9.15. The van der Waals surface area contributed by atoms with E-state index in [1.165, 1.54) is 98.5 Å². The van der Waals surface area contributed by atoms with Crippen molar-refractivity contribution in [1.82, 2.24) is 0 Å². The highest BCUT2D eigenvalue weighted by Gasteiger charge is 1.97. The summed E-state index contributed by atoms with van der Waals surface area (Å²) in [4.78, 5) is 0. The van der Waals surface area contributed by atoms with Gasteiger partial charge in [-0.25, -0.2) is 0 Å². The molecule has 0 N–H and O–H groups in total. The standard InChI is InChI=1S/C33H52S/c1-27(2)25-32(7)21-11-19-30(5)17-9-15-28(3)13-8-14-29(4)16-10-18-31(6)20-12-22-33-23-24-34-26-33/h13,16-17,20-21,23-24,26-27H,8-12,14-15,18-19,22,25H2,1-7H3/b28-13+,29-16+,30-17+,31-20+,32-21+. The smallest absolute Gasteiger partial charge is 0.00611 e. The first-order chi connectivity index (χ1) is 16.3. The summed E-state index contributed by atoms with van der Waals surface area (Å²) in [5, 5.41) is 4.43. The Balaban J connectivity index is 2.19. The molecule has 1 aromatic heterocycles. The zero-order chi connectivity index (χ0) is 25.2. The van der Waals surface area contributed by atoms with E-state index in [1.807, 2.05) is 0 Å². The Morgan fingerprint density at radius 1 is 0.647 bits per heavy atom. The molecule has 190 valence electrons. The fraction of sp³-hybridized carbons (Fsp3) is 0.576. The number of hydrogen-bond donors (Lipinski definition) is 0. The molecule has 0 aliphatic heterocycles. The molecule has 0 spiro atoms. The monoisotopic (exact) mass is 480 g/mol. The lowest BCUT2D eigenvalue weighted by molar-refractivity contribution is 0.640. The minimum absolute atomic E-state index is 0.764. The first-order valence-electron chi connectivity index (χ1n) is 13.6. The third kappa shape index (κ3) is 16.9. The van der Waals surface area contributed by atoms with Crippen molar-refractivity contribution < 1.29 is 0 Å². The van der Waals surface area contributed by atoms with Gasteiger partial charge in [-0.2, -0.15) is 11.3 Å². The second-order valence-corrected chi connectivity index (χ2v) is 11.5. The quantitative estimate of drug-likeness (QED) is 0.194. The van der Waals surface area contributed by atoms with Gasteiger partial charge in [0.2, 0.25) is 0 Å². The molecular weight excluding hydrogens is 428 g/mol. The van der Waals surface area contributed by atoms with Crippen LogP contribution in [-0.4, -0.2) is 0 Å². The number of allylic oxidation sites excluding steroid dienone is 10. The third-order valence-corrected chi connectivity index (χ3v) is 7.09. The maximum Gasteiger partial charge on any atom is -0.00611 e. The van der Waals surface area contributed by atoms with Crippen LogP contribution in [0.2, 0.25) is 0 Å². The largest absolute Gasteiger partial charge is 0.152 e. The highest BCUT2D eigenvalue weighted by atomic mass is 32.1. The molecule has 0 aliphatic carbocycles. The van der Waals surface area contributed by atoms with Crippen molar-refractivity contribution in [2.24, 2.45) is 5.92 Å². The predicted molar refractivity (Wildman–Crippen MR) is 158 cm³/mol. The Kier molecular flexibility index (Phi) is 16.7. The van der Waals surface area contributed by atoms with E-state index >= 15 is 0 Å². The second kappa shape index (κ2) is 18.7. The summed E-state index contributed by atoms with van der Waals surface area (Å²) in [6, 6.07) is 2.24. The summed E-state index contributed by atoms with van der Waals surface area (Å²) in [7, 11) is 0. The van der Waals surface area contributed by atoms with E-state index in [1.54, 1.807) is 16.9 Å². The molecule has 1 heteroatoms. The summed E-state index contributed by atoms with van der Waals surface area (Å²) in [6.45, 7) is 16.0. The van der Waals surface area contributed by atoms with Gasteiger partial charge in [0.1, 0.15) is 0 Å². The van der Waals surface area contributed by atoms with Crippen LogP contribution in [-0.2, 0) is 6.42 Å². The molecule has 0 radical (unpaired) electrons. The van der Waals surface area contributed by atoms with E-state index in [-0.39, 0.29) is 0 Å². The van der Waals surface area contributed by atoms with Gasteiger partial charge < -0.3 is 0 Å². The van der Waals surface area contributed by atoms with Gasteiger partial charge in [0.05, 0.1) is 0 Å². The van der Waals surface area contributed by atoms with Crippen molar-refractivity contribution in [2.75, 3.05) is 0 Å². The van der Waals surface area contributed by atoms with Gasteiger partial charge in [0, 0.05) is 0 Å². The molecule has 0 saturated heterocycles. The van der Waals surface area contributed by atoms with Crippen molar-refractivity contribution in [1.29, 1.82) is 0 Å². The number of hydrogen-bond acceptors (Lipinski definition) is 1. The Labute approximate surface area is 216 Å². The minimum atomic E-state index is 0.764. The Hall–Kier alpha value is -1.60. The molecule has 1 aromatic rings. The Morgan fingerprint density at radius 3 is 1.44 bits per heavy atom. The average Bonchev–Trinajstić information content (AvgIpc) is 3.26. The molecular formula is C33H52S. The van der Waals surface area contributed by atoms with E-state index in [0.29, 0.717) is 0 Å². The molecule has 1 heterocycles. The van der Waals surface area contributed by atoms with E-state index in [9.17, 15) is 0 Å². The van der Waals surface area contributed by atoms with Crippen LogP contribution in [0.5, 0.6) is 0 Å². The molecule has 1 rings (SSSR count). The van der Waals surface area contributed by atoms with Crippen LogP contribution < -0.4 is 0 Å². The number of rotatable bonds is 17. The molecule has 0 bridgehead atoms. The zero-order valence-corrected chi connectivity index (χ0v) is 24.2. The molecule has 0 unspecified atom stereocenters. The first-order valence-corrected chi connectivity index (χ1v) is 14.5. The third-order valence-electron chi connectivity index (χ3n) is 6.36. The topological polar surface area (TPSA) is 0 Å². The fourth-order valence-electron chi connectivity index (χ4n) is 4.24. The lowest BCUT2D eigenvalue weighted by Crippen LogP contribution is -1.88. The average molecular weight is 481 g/mol. The fourth-order valence-corrected chi connectivity index (χ4v) is 4.94. The van der Waals surface area contributed by atoms with Crippen LogP contribution in [0, 0.1) is 5.92 Å². The second-order valence-electron chi connectivity index (χ2n) is 10.7. The summed E-state index contributed by atoms with van der Waals surface area (Å²) < 4.78 is 0. The van der Waals surface area contributed by atoms with E-state index < -0.39 is 0 Å². The highest BCUT2D eigenvalue weighted by molar-refractivity contribution is 7.07. The minimum Gasteiger partial charge on any atom is -0.152 e. The van der Waals surface area contributed by atoms with Gasteiger partial charge in [-0.3, -0.25) is 0 Å². The van der Waals surface area contributed by atoms with Crippen LogP contribution in [0.4, 0.5) is 0 Å². The van der Waals surface area contributed by atoms with Gasteiger partial charge in [0.25, 0.3) is 0 Å². The summed E-state index contributed by atoms with van der Waals surface area (Å²) in [5.74, 6) is 0.764. The molecule has 0 saturated carbocycles.